The zero-order chi connectivity index (χ0) is 15.0. The summed E-state index contributed by atoms with van der Waals surface area (Å²) < 4.78 is 0. The maximum absolute atomic E-state index is 12.7. The van der Waals surface area contributed by atoms with E-state index in [0.717, 1.165) is 12.8 Å². The SMILES string of the molecule is N#Cc1ccc2[nH]c3c(c(=O)c2c1)CCCCC3C(N)=O. The molecule has 0 saturated heterocycles. The molecule has 106 valence electrons. The van der Waals surface area contributed by atoms with Gasteiger partial charge in [-0.2, -0.15) is 5.26 Å². The number of nitrogens with two attached hydrogens (primary N) is 1. The quantitative estimate of drug-likeness (QED) is 0.778. The number of pyridine rings is 1. The molecule has 21 heavy (non-hydrogen) atoms. The van der Waals surface area contributed by atoms with E-state index in [1.54, 1.807) is 18.2 Å². The average molecular weight is 281 g/mol. The molecule has 3 rings (SSSR count). The van der Waals surface area contributed by atoms with E-state index in [9.17, 15) is 9.59 Å². The number of carbonyl (C=O) groups excluding carboxylic acids is 1. The van der Waals surface area contributed by atoms with Crippen molar-refractivity contribution in [3.05, 3.63) is 45.2 Å². The first kappa shape index (κ1) is 13.4. The van der Waals surface area contributed by atoms with Crippen LogP contribution in [0, 0.1) is 11.3 Å². The molecule has 2 aromatic rings. The lowest BCUT2D eigenvalue weighted by molar-refractivity contribution is -0.119. The fraction of sp³-hybridized carbons (Fsp3) is 0.312. The molecule has 3 N–H and O–H groups in total. The highest BCUT2D eigenvalue weighted by Gasteiger charge is 2.26. The van der Waals surface area contributed by atoms with Crippen molar-refractivity contribution in [3.63, 3.8) is 0 Å². The monoisotopic (exact) mass is 281 g/mol. The van der Waals surface area contributed by atoms with Crippen molar-refractivity contribution in [2.45, 2.75) is 31.6 Å². The number of hydrogen-bond donors (Lipinski definition) is 2. The molecule has 0 radical (unpaired) electrons. The molecule has 0 saturated carbocycles. The molecular weight excluding hydrogens is 266 g/mol. The van der Waals surface area contributed by atoms with Crippen LogP contribution < -0.4 is 11.2 Å². The van der Waals surface area contributed by atoms with Crippen LogP contribution in [0.2, 0.25) is 0 Å². The Kier molecular flexibility index (Phi) is 3.22. The van der Waals surface area contributed by atoms with Gasteiger partial charge >= 0.3 is 0 Å². The number of nitrogens with zero attached hydrogens (tertiary/aromatic N) is 1. The van der Waals surface area contributed by atoms with Gasteiger partial charge in [0, 0.05) is 22.2 Å². The molecule has 0 bridgehead atoms. The Morgan fingerprint density at radius 1 is 1.38 bits per heavy atom. The fourth-order valence-electron chi connectivity index (χ4n) is 3.04. The van der Waals surface area contributed by atoms with Crippen molar-refractivity contribution in [1.82, 2.24) is 4.98 Å². The van der Waals surface area contributed by atoms with Gasteiger partial charge in [0.25, 0.3) is 0 Å². The largest absolute Gasteiger partial charge is 0.369 e. The minimum absolute atomic E-state index is 0.0935. The molecule has 1 aromatic heterocycles. The number of hydrogen-bond acceptors (Lipinski definition) is 3. The number of H-pyrrole nitrogens is 1. The molecule has 1 unspecified atom stereocenters. The minimum atomic E-state index is -0.435. The smallest absolute Gasteiger partial charge is 0.226 e. The van der Waals surface area contributed by atoms with Crippen LogP contribution in [-0.2, 0) is 11.2 Å². The number of aromatic nitrogens is 1. The topological polar surface area (TPSA) is 99.7 Å². The molecule has 1 heterocycles. The number of carbonyl (C=O) groups is 1. The Bertz CT molecular complexity index is 830. The van der Waals surface area contributed by atoms with Gasteiger partial charge in [0.05, 0.1) is 17.6 Å². The van der Waals surface area contributed by atoms with E-state index in [-0.39, 0.29) is 5.43 Å². The molecule has 5 heteroatoms. The first-order valence-electron chi connectivity index (χ1n) is 7.00. The molecule has 0 spiro atoms. The van der Waals surface area contributed by atoms with Crippen LogP contribution in [0.4, 0.5) is 0 Å². The second kappa shape index (κ2) is 5.06. The van der Waals surface area contributed by atoms with Crippen molar-refractivity contribution in [3.8, 4) is 6.07 Å². The second-order valence-electron chi connectivity index (χ2n) is 5.42. The summed E-state index contributed by atoms with van der Waals surface area (Å²) in [5.74, 6) is -0.836. The predicted molar refractivity (Wildman–Crippen MR) is 78.8 cm³/mol. The van der Waals surface area contributed by atoms with Crippen LogP contribution in [0.15, 0.2) is 23.0 Å². The van der Waals surface area contributed by atoms with Gasteiger partial charge < -0.3 is 10.7 Å². The first-order chi connectivity index (χ1) is 10.1. The van der Waals surface area contributed by atoms with E-state index in [1.807, 2.05) is 6.07 Å². The summed E-state index contributed by atoms with van der Waals surface area (Å²) in [5, 5.41) is 9.46. The number of nitriles is 1. The lowest BCUT2D eigenvalue weighted by atomic mass is 9.95. The van der Waals surface area contributed by atoms with Crippen molar-refractivity contribution in [2.75, 3.05) is 0 Å². The van der Waals surface area contributed by atoms with Gasteiger partial charge in [0.2, 0.25) is 5.91 Å². The average Bonchev–Trinajstić information content (AvgIpc) is 2.70. The Hall–Kier alpha value is -2.61. The lowest BCUT2D eigenvalue weighted by Crippen LogP contribution is -2.25. The maximum atomic E-state index is 12.7. The third-order valence-electron chi connectivity index (χ3n) is 4.12. The molecule has 1 atom stereocenters. The minimum Gasteiger partial charge on any atom is -0.369 e. The summed E-state index contributed by atoms with van der Waals surface area (Å²) >= 11 is 0. The Morgan fingerprint density at radius 2 is 2.19 bits per heavy atom. The zero-order valence-electron chi connectivity index (χ0n) is 11.5. The fourth-order valence-corrected chi connectivity index (χ4v) is 3.04. The van der Waals surface area contributed by atoms with Crippen LogP contribution in [0.3, 0.4) is 0 Å². The zero-order valence-corrected chi connectivity index (χ0v) is 11.5. The predicted octanol–water partition coefficient (Wildman–Crippen LogP) is 1.70. The highest BCUT2D eigenvalue weighted by Crippen LogP contribution is 2.28. The number of rotatable bonds is 1. The van der Waals surface area contributed by atoms with E-state index in [0.29, 0.717) is 40.6 Å². The molecule has 5 nitrogen and oxygen atoms in total. The molecule has 1 aliphatic carbocycles. The second-order valence-corrected chi connectivity index (χ2v) is 5.42. The van der Waals surface area contributed by atoms with Crippen LogP contribution in [-0.4, -0.2) is 10.9 Å². The van der Waals surface area contributed by atoms with Gasteiger partial charge in [-0.15, -0.1) is 0 Å². The van der Waals surface area contributed by atoms with Crippen LogP contribution in [0.25, 0.3) is 10.9 Å². The summed E-state index contributed by atoms with van der Waals surface area (Å²) in [6.45, 7) is 0. The summed E-state index contributed by atoms with van der Waals surface area (Å²) in [7, 11) is 0. The Balaban J connectivity index is 2.33. The van der Waals surface area contributed by atoms with E-state index < -0.39 is 11.8 Å². The summed E-state index contributed by atoms with van der Waals surface area (Å²) in [6.07, 6.45) is 3.04. The van der Waals surface area contributed by atoms with Crippen molar-refractivity contribution >= 4 is 16.8 Å². The van der Waals surface area contributed by atoms with E-state index in [2.05, 4.69) is 4.98 Å². The molecule has 0 aliphatic heterocycles. The van der Waals surface area contributed by atoms with Gasteiger partial charge in [0.1, 0.15) is 0 Å². The van der Waals surface area contributed by atoms with Gasteiger partial charge in [-0.3, -0.25) is 9.59 Å². The Morgan fingerprint density at radius 3 is 2.90 bits per heavy atom. The number of fused-ring (bicyclic) bond motifs is 2. The van der Waals surface area contributed by atoms with E-state index >= 15 is 0 Å². The molecular formula is C16H15N3O2. The summed E-state index contributed by atoms with van der Waals surface area (Å²) in [4.78, 5) is 27.6. The third-order valence-corrected chi connectivity index (χ3v) is 4.12. The summed E-state index contributed by atoms with van der Waals surface area (Å²) in [6, 6.07) is 6.99. The number of primary amides is 1. The Labute approximate surface area is 121 Å². The highest BCUT2D eigenvalue weighted by molar-refractivity contribution is 5.85. The molecule has 1 aliphatic rings. The van der Waals surface area contributed by atoms with Crippen molar-refractivity contribution < 1.29 is 4.79 Å². The maximum Gasteiger partial charge on any atom is 0.226 e. The van der Waals surface area contributed by atoms with Gasteiger partial charge in [-0.05, 0) is 37.5 Å². The lowest BCUT2D eigenvalue weighted by Gasteiger charge is -2.15. The van der Waals surface area contributed by atoms with Crippen molar-refractivity contribution in [2.24, 2.45) is 5.73 Å². The molecule has 1 amide bonds. The van der Waals surface area contributed by atoms with Crippen LogP contribution in [0.1, 0.15) is 42.0 Å². The molecule has 1 aromatic carbocycles. The van der Waals surface area contributed by atoms with E-state index in [1.165, 1.54) is 0 Å². The standard InChI is InChI=1S/C16H15N3O2/c17-8-9-5-6-13-12(7-9)15(20)10-3-1-2-4-11(16(18)21)14(10)19-13/h5-7,11H,1-4H2,(H2,18,21)(H,19,20). The first-order valence-corrected chi connectivity index (χ1v) is 7.00. The van der Waals surface area contributed by atoms with Gasteiger partial charge in [0.15, 0.2) is 5.43 Å². The van der Waals surface area contributed by atoms with Crippen LogP contribution >= 0.6 is 0 Å². The van der Waals surface area contributed by atoms with Gasteiger partial charge in [-0.1, -0.05) is 6.42 Å². The van der Waals surface area contributed by atoms with Crippen LogP contribution in [0.5, 0.6) is 0 Å². The van der Waals surface area contributed by atoms with Crippen molar-refractivity contribution in [1.29, 1.82) is 5.26 Å². The van der Waals surface area contributed by atoms with E-state index in [4.69, 9.17) is 11.0 Å². The molecule has 0 fully saturated rings. The highest BCUT2D eigenvalue weighted by atomic mass is 16.1. The normalized spacial score (nSPS) is 17.8. The number of nitrogens with one attached hydrogen (secondary N) is 1. The number of amides is 1. The van der Waals surface area contributed by atoms with Gasteiger partial charge in [-0.25, -0.2) is 0 Å². The third kappa shape index (κ3) is 2.19. The summed E-state index contributed by atoms with van der Waals surface area (Å²) in [5.41, 5.74) is 7.78. The number of benzene rings is 1. The number of aromatic amines is 1.